The molecule has 0 aromatic carbocycles. The Labute approximate surface area is 90.1 Å². The van der Waals surface area contributed by atoms with Crippen molar-refractivity contribution in [3.63, 3.8) is 0 Å². The van der Waals surface area contributed by atoms with Gasteiger partial charge in [-0.25, -0.2) is 0 Å². The van der Waals surface area contributed by atoms with Crippen molar-refractivity contribution in [1.82, 2.24) is 4.98 Å². The fraction of sp³-hybridized carbons (Fsp3) is 0.455. The van der Waals surface area contributed by atoms with Gasteiger partial charge in [0.2, 0.25) is 0 Å². The summed E-state index contributed by atoms with van der Waals surface area (Å²) in [5.74, 6) is 0. The van der Waals surface area contributed by atoms with Gasteiger partial charge >= 0.3 is 0 Å². The van der Waals surface area contributed by atoms with E-state index in [1.165, 1.54) is 0 Å². The highest BCUT2D eigenvalue weighted by Crippen LogP contribution is 2.15. The number of nitrogens with zero attached hydrogens (tertiary/aromatic N) is 3. The highest BCUT2D eigenvalue weighted by molar-refractivity contribution is 5.56. The van der Waals surface area contributed by atoms with Crippen LogP contribution >= 0.6 is 0 Å². The van der Waals surface area contributed by atoms with E-state index in [1.807, 2.05) is 18.9 Å². The molecule has 1 rings (SSSR count). The lowest BCUT2D eigenvalue weighted by Gasteiger charge is -2.19. The zero-order valence-electron chi connectivity index (χ0n) is 9.10. The molecule has 1 aromatic rings. The Morgan fingerprint density at radius 3 is 3.07 bits per heavy atom. The van der Waals surface area contributed by atoms with E-state index in [9.17, 15) is 0 Å². The van der Waals surface area contributed by atoms with Gasteiger partial charge < -0.3 is 9.64 Å². The summed E-state index contributed by atoms with van der Waals surface area (Å²) in [6, 6.07) is 3.86. The SMILES string of the molecule is CCOCCN(C)c1cnccc1C#N. The van der Waals surface area contributed by atoms with Gasteiger partial charge in [-0.3, -0.25) is 4.98 Å². The fourth-order valence-electron chi connectivity index (χ4n) is 1.25. The molecule has 0 fully saturated rings. The number of anilines is 1. The molecule has 1 aromatic heterocycles. The average molecular weight is 205 g/mol. The largest absolute Gasteiger partial charge is 0.380 e. The topological polar surface area (TPSA) is 49.1 Å². The van der Waals surface area contributed by atoms with Crippen molar-refractivity contribution in [3.8, 4) is 6.07 Å². The molecular formula is C11H15N3O. The highest BCUT2D eigenvalue weighted by Gasteiger charge is 2.06. The third kappa shape index (κ3) is 3.22. The summed E-state index contributed by atoms with van der Waals surface area (Å²) < 4.78 is 5.25. The zero-order chi connectivity index (χ0) is 11.1. The molecule has 0 aliphatic rings. The quantitative estimate of drug-likeness (QED) is 0.682. The highest BCUT2D eigenvalue weighted by atomic mass is 16.5. The number of ether oxygens (including phenoxy) is 1. The van der Waals surface area contributed by atoms with Crippen LogP contribution in [-0.2, 0) is 4.74 Å². The Bertz CT molecular complexity index is 346. The minimum absolute atomic E-state index is 0.643. The Morgan fingerprint density at radius 2 is 2.40 bits per heavy atom. The number of likely N-dealkylation sites (N-methyl/N-ethyl adjacent to an activating group) is 1. The van der Waals surface area contributed by atoms with E-state index in [0.29, 0.717) is 18.8 Å². The second-order valence-corrected chi connectivity index (χ2v) is 3.12. The predicted octanol–water partition coefficient (Wildman–Crippen LogP) is 1.43. The molecule has 80 valence electrons. The summed E-state index contributed by atoms with van der Waals surface area (Å²) in [6.45, 7) is 4.09. The van der Waals surface area contributed by atoms with Crippen molar-refractivity contribution in [2.45, 2.75) is 6.92 Å². The van der Waals surface area contributed by atoms with E-state index in [2.05, 4.69) is 11.1 Å². The van der Waals surface area contributed by atoms with E-state index < -0.39 is 0 Å². The van der Waals surface area contributed by atoms with Crippen molar-refractivity contribution in [3.05, 3.63) is 24.0 Å². The van der Waals surface area contributed by atoms with Crippen LogP contribution in [0.2, 0.25) is 0 Å². The van der Waals surface area contributed by atoms with E-state index in [4.69, 9.17) is 10.00 Å². The van der Waals surface area contributed by atoms with Crippen LogP contribution in [-0.4, -0.2) is 31.8 Å². The predicted molar refractivity (Wildman–Crippen MR) is 58.7 cm³/mol. The summed E-state index contributed by atoms with van der Waals surface area (Å²) in [5, 5.41) is 8.90. The van der Waals surface area contributed by atoms with E-state index in [-0.39, 0.29) is 0 Å². The summed E-state index contributed by atoms with van der Waals surface area (Å²) in [4.78, 5) is 5.98. The Hall–Kier alpha value is -1.60. The lowest BCUT2D eigenvalue weighted by molar-refractivity contribution is 0.154. The molecule has 0 amide bonds. The summed E-state index contributed by atoms with van der Waals surface area (Å²) in [7, 11) is 1.93. The first-order chi connectivity index (χ1) is 7.29. The monoisotopic (exact) mass is 205 g/mol. The summed E-state index contributed by atoms with van der Waals surface area (Å²) in [5.41, 5.74) is 1.49. The third-order valence-electron chi connectivity index (χ3n) is 2.11. The standard InChI is InChI=1S/C11H15N3O/c1-3-15-7-6-14(2)11-9-13-5-4-10(11)8-12/h4-5,9H,3,6-7H2,1-2H3. The van der Waals surface area contributed by atoms with Gasteiger partial charge in [0.05, 0.1) is 24.1 Å². The maximum atomic E-state index is 8.90. The van der Waals surface area contributed by atoms with Crippen LogP contribution in [0, 0.1) is 11.3 Å². The molecular weight excluding hydrogens is 190 g/mol. The first-order valence-corrected chi connectivity index (χ1v) is 4.92. The number of rotatable bonds is 5. The fourth-order valence-corrected chi connectivity index (χ4v) is 1.25. The van der Waals surface area contributed by atoms with Crippen molar-refractivity contribution in [2.24, 2.45) is 0 Å². The third-order valence-corrected chi connectivity index (χ3v) is 2.11. The Morgan fingerprint density at radius 1 is 1.60 bits per heavy atom. The number of hydrogen-bond donors (Lipinski definition) is 0. The Balaban J connectivity index is 2.65. The zero-order valence-corrected chi connectivity index (χ0v) is 9.10. The number of nitriles is 1. The molecule has 0 saturated heterocycles. The molecule has 0 atom stereocenters. The minimum Gasteiger partial charge on any atom is -0.380 e. The molecule has 4 nitrogen and oxygen atoms in total. The van der Waals surface area contributed by atoms with Gasteiger partial charge in [0.15, 0.2) is 0 Å². The maximum Gasteiger partial charge on any atom is 0.101 e. The van der Waals surface area contributed by atoms with Gasteiger partial charge in [-0.05, 0) is 13.0 Å². The van der Waals surface area contributed by atoms with Gasteiger partial charge in [0.25, 0.3) is 0 Å². The van der Waals surface area contributed by atoms with Gasteiger partial charge in [0, 0.05) is 26.4 Å². The van der Waals surface area contributed by atoms with Crippen LogP contribution in [0.4, 0.5) is 5.69 Å². The molecule has 0 bridgehead atoms. The van der Waals surface area contributed by atoms with Crippen LogP contribution in [0.25, 0.3) is 0 Å². The smallest absolute Gasteiger partial charge is 0.101 e. The molecule has 0 N–H and O–H groups in total. The first kappa shape index (κ1) is 11.5. The summed E-state index contributed by atoms with van der Waals surface area (Å²) in [6.07, 6.45) is 3.32. The molecule has 0 aliphatic carbocycles. The number of pyridine rings is 1. The number of hydrogen-bond acceptors (Lipinski definition) is 4. The van der Waals surface area contributed by atoms with Crippen LogP contribution in [0.15, 0.2) is 18.5 Å². The first-order valence-electron chi connectivity index (χ1n) is 4.92. The minimum atomic E-state index is 0.643. The molecule has 0 radical (unpaired) electrons. The molecule has 4 heteroatoms. The number of aromatic nitrogens is 1. The van der Waals surface area contributed by atoms with Crippen molar-refractivity contribution >= 4 is 5.69 Å². The lowest BCUT2D eigenvalue weighted by Crippen LogP contribution is -2.23. The maximum absolute atomic E-state index is 8.90. The molecule has 0 unspecified atom stereocenters. The molecule has 0 saturated carbocycles. The van der Waals surface area contributed by atoms with Gasteiger partial charge in [-0.1, -0.05) is 0 Å². The van der Waals surface area contributed by atoms with Crippen LogP contribution in [0.3, 0.4) is 0 Å². The van der Waals surface area contributed by atoms with Crippen molar-refractivity contribution in [1.29, 1.82) is 5.26 Å². The second-order valence-electron chi connectivity index (χ2n) is 3.12. The van der Waals surface area contributed by atoms with Gasteiger partial charge in [-0.2, -0.15) is 5.26 Å². The van der Waals surface area contributed by atoms with Crippen molar-refractivity contribution < 1.29 is 4.74 Å². The van der Waals surface area contributed by atoms with Crippen LogP contribution < -0.4 is 4.90 Å². The molecule has 0 aliphatic heterocycles. The lowest BCUT2D eigenvalue weighted by atomic mass is 10.2. The van der Waals surface area contributed by atoms with Gasteiger partial charge in [0.1, 0.15) is 6.07 Å². The van der Waals surface area contributed by atoms with Gasteiger partial charge in [-0.15, -0.1) is 0 Å². The van der Waals surface area contributed by atoms with E-state index in [1.54, 1.807) is 18.5 Å². The average Bonchev–Trinajstić information content (AvgIpc) is 2.29. The molecule has 0 spiro atoms. The molecule has 15 heavy (non-hydrogen) atoms. The summed E-state index contributed by atoms with van der Waals surface area (Å²) >= 11 is 0. The van der Waals surface area contributed by atoms with E-state index >= 15 is 0 Å². The van der Waals surface area contributed by atoms with Crippen molar-refractivity contribution in [2.75, 3.05) is 31.7 Å². The molecule has 1 heterocycles. The van der Waals surface area contributed by atoms with Crippen LogP contribution in [0.1, 0.15) is 12.5 Å². The van der Waals surface area contributed by atoms with Crippen LogP contribution in [0.5, 0.6) is 0 Å². The normalized spacial score (nSPS) is 9.67. The Kier molecular flexibility index (Phi) is 4.58. The second kappa shape index (κ2) is 5.99. The van der Waals surface area contributed by atoms with E-state index in [0.717, 1.165) is 12.2 Å².